The molecule has 0 saturated carbocycles. The molecule has 0 atom stereocenters. The Bertz CT molecular complexity index is 599. The SMILES string of the molecule is Cc1ccccc1OCCC(=O)Nc1ccccc1F. The van der Waals surface area contributed by atoms with Gasteiger partial charge in [-0.3, -0.25) is 4.79 Å². The van der Waals surface area contributed by atoms with Crippen LogP contribution in [0, 0.1) is 12.7 Å². The third kappa shape index (κ3) is 3.82. The Morgan fingerprint density at radius 2 is 1.85 bits per heavy atom. The molecule has 0 heterocycles. The van der Waals surface area contributed by atoms with Gasteiger partial charge in [-0.05, 0) is 30.7 Å². The maximum atomic E-state index is 13.3. The zero-order valence-electron chi connectivity index (χ0n) is 11.2. The van der Waals surface area contributed by atoms with E-state index in [1.165, 1.54) is 12.1 Å². The van der Waals surface area contributed by atoms with E-state index in [4.69, 9.17) is 4.74 Å². The summed E-state index contributed by atoms with van der Waals surface area (Å²) in [6, 6.07) is 13.7. The zero-order chi connectivity index (χ0) is 14.4. The van der Waals surface area contributed by atoms with Crippen LogP contribution in [0.4, 0.5) is 10.1 Å². The molecule has 20 heavy (non-hydrogen) atoms. The molecule has 2 aromatic rings. The molecular formula is C16H16FNO2. The number of hydrogen-bond donors (Lipinski definition) is 1. The summed E-state index contributed by atoms with van der Waals surface area (Å²) in [5.41, 5.74) is 1.20. The number of amides is 1. The van der Waals surface area contributed by atoms with E-state index in [2.05, 4.69) is 5.32 Å². The van der Waals surface area contributed by atoms with Gasteiger partial charge in [-0.15, -0.1) is 0 Å². The fraction of sp³-hybridized carbons (Fsp3) is 0.188. The number of halogens is 1. The summed E-state index contributed by atoms with van der Waals surface area (Å²) in [4.78, 5) is 11.7. The molecule has 104 valence electrons. The van der Waals surface area contributed by atoms with E-state index in [0.717, 1.165) is 11.3 Å². The Balaban J connectivity index is 1.82. The van der Waals surface area contributed by atoms with Gasteiger partial charge in [0.15, 0.2) is 0 Å². The van der Waals surface area contributed by atoms with Crippen LogP contribution >= 0.6 is 0 Å². The summed E-state index contributed by atoms with van der Waals surface area (Å²) >= 11 is 0. The molecule has 0 spiro atoms. The van der Waals surface area contributed by atoms with Crippen LogP contribution in [-0.2, 0) is 4.79 Å². The fourth-order valence-corrected chi connectivity index (χ4v) is 1.75. The van der Waals surface area contributed by atoms with Gasteiger partial charge >= 0.3 is 0 Å². The number of ether oxygens (including phenoxy) is 1. The van der Waals surface area contributed by atoms with E-state index < -0.39 is 5.82 Å². The highest BCUT2D eigenvalue weighted by Crippen LogP contribution is 2.16. The van der Waals surface area contributed by atoms with E-state index >= 15 is 0 Å². The van der Waals surface area contributed by atoms with Gasteiger partial charge < -0.3 is 10.1 Å². The Labute approximate surface area is 117 Å². The Hall–Kier alpha value is -2.36. The lowest BCUT2D eigenvalue weighted by Crippen LogP contribution is -2.16. The van der Waals surface area contributed by atoms with Crippen molar-refractivity contribution >= 4 is 11.6 Å². The van der Waals surface area contributed by atoms with Crippen molar-refractivity contribution in [3.8, 4) is 5.75 Å². The van der Waals surface area contributed by atoms with Crippen molar-refractivity contribution in [2.45, 2.75) is 13.3 Å². The molecule has 0 aliphatic rings. The molecular weight excluding hydrogens is 257 g/mol. The van der Waals surface area contributed by atoms with Crippen molar-refractivity contribution in [3.63, 3.8) is 0 Å². The number of carbonyl (C=O) groups excluding carboxylic acids is 1. The molecule has 0 fully saturated rings. The highest BCUT2D eigenvalue weighted by molar-refractivity contribution is 5.90. The van der Waals surface area contributed by atoms with Gasteiger partial charge in [0, 0.05) is 0 Å². The largest absolute Gasteiger partial charge is 0.493 e. The number of anilines is 1. The number of benzene rings is 2. The van der Waals surface area contributed by atoms with Crippen molar-refractivity contribution in [1.29, 1.82) is 0 Å². The molecule has 0 aromatic heterocycles. The van der Waals surface area contributed by atoms with Crippen LogP contribution in [0.1, 0.15) is 12.0 Å². The van der Waals surface area contributed by atoms with Crippen molar-refractivity contribution in [1.82, 2.24) is 0 Å². The highest BCUT2D eigenvalue weighted by atomic mass is 19.1. The Kier molecular flexibility index (Phi) is 4.71. The summed E-state index contributed by atoms with van der Waals surface area (Å²) < 4.78 is 18.9. The maximum Gasteiger partial charge on any atom is 0.227 e. The van der Waals surface area contributed by atoms with Gasteiger partial charge in [0.1, 0.15) is 11.6 Å². The molecule has 0 aliphatic carbocycles. The van der Waals surface area contributed by atoms with E-state index in [9.17, 15) is 9.18 Å². The van der Waals surface area contributed by atoms with E-state index in [0.29, 0.717) is 0 Å². The molecule has 3 nitrogen and oxygen atoms in total. The fourth-order valence-electron chi connectivity index (χ4n) is 1.75. The van der Waals surface area contributed by atoms with Crippen molar-refractivity contribution in [2.24, 2.45) is 0 Å². The molecule has 2 aromatic carbocycles. The number of rotatable bonds is 5. The molecule has 2 rings (SSSR count). The Morgan fingerprint density at radius 3 is 2.60 bits per heavy atom. The number of nitrogens with one attached hydrogen (secondary N) is 1. The number of hydrogen-bond acceptors (Lipinski definition) is 2. The van der Waals surface area contributed by atoms with Crippen LogP contribution in [0.3, 0.4) is 0 Å². The van der Waals surface area contributed by atoms with Crippen LogP contribution in [0.5, 0.6) is 5.75 Å². The van der Waals surface area contributed by atoms with Gasteiger partial charge in [-0.1, -0.05) is 30.3 Å². The average Bonchev–Trinajstić information content (AvgIpc) is 2.43. The van der Waals surface area contributed by atoms with Crippen LogP contribution in [0.2, 0.25) is 0 Å². The lowest BCUT2D eigenvalue weighted by atomic mass is 10.2. The quantitative estimate of drug-likeness (QED) is 0.904. The van der Waals surface area contributed by atoms with Gasteiger partial charge in [0.05, 0.1) is 18.7 Å². The average molecular weight is 273 g/mol. The van der Waals surface area contributed by atoms with Crippen molar-refractivity contribution in [2.75, 3.05) is 11.9 Å². The summed E-state index contributed by atoms with van der Waals surface area (Å²) in [6.45, 7) is 2.19. The first-order chi connectivity index (χ1) is 9.66. The molecule has 1 amide bonds. The summed E-state index contributed by atoms with van der Waals surface area (Å²) in [5, 5.41) is 2.52. The monoisotopic (exact) mass is 273 g/mol. The second-order valence-electron chi connectivity index (χ2n) is 4.39. The number of carbonyl (C=O) groups is 1. The minimum absolute atomic E-state index is 0.169. The number of aryl methyl sites for hydroxylation is 1. The molecule has 0 bridgehead atoms. The van der Waals surface area contributed by atoms with Crippen LogP contribution in [0.15, 0.2) is 48.5 Å². The molecule has 0 saturated heterocycles. The van der Waals surface area contributed by atoms with Crippen molar-refractivity contribution < 1.29 is 13.9 Å². The first kappa shape index (κ1) is 14.1. The summed E-state index contributed by atoms with van der Waals surface area (Å²) in [6.07, 6.45) is 0.169. The first-order valence-corrected chi connectivity index (χ1v) is 6.39. The van der Waals surface area contributed by atoms with E-state index in [1.54, 1.807) is 12.1 Å². The lowest BCUT2D eigenvalue weighted by Gasteiger charge is -2.09. The normalized spacial score (nSPS) is 10.1. The zero-order valence-corrected chi connectivity index (χ0v) is 11.2. The van der Waals surface area contributed by atoms with Crippen molar-refractivity contribution in [3.05, 3.63) is 59.9 Å². The molecule has 1 N–H and O–H groups in total. The predicted molar refractivity (Wildman–Crippen MR) is 76.3 cm³/mol. The molecule has 0 unspecified atom stereocenters. The van der Waals surface area contributed by atoms with Gasteiger partial charge in [0.25, 0.3) is 0 Å². The lowest BCUT2D eigenvalue weighted by molar-refractivity contribution is -0.116. The minimum Gasteiger partial charge on any atom is -0.493 e. The molecule has 0 aliphatic heterocycles. The first-order valence-electron chi connectivity index (χ1n) is 6.39. The third-order valence-electron chi connectivity index (χ3n) is 2.83. The topological polar surface area (TPSA) is 38.3 Å². The predicted octanol–water partition coefficient (Wildman–Crippen LogP) is 3.54. The smallest absolute Gasteiger partial charge is 0.227 e. The van der Waals surface area contributed by atoms with Crippen LogP contribution in [0.25, 0.3) is 0 Å². The molecule has 4 heteroatoms. The van der Waals surface area contributed by atoms with Gasteiger partial charge in [0.2, 0.25) is 5.91 Å². The third-order valence-corrected chi connectivity index (χ3v) is 2.83. The standard InChI is InChI=1S/C16H16FNO2/c1-12-6-2-5-9-15(12)20-11-10-16(19)18-14-8-4-3-7-13(14)17/h2-9H,10-11H2,1H3,(H,18,19). The Morgan fingerprint density at radius 1 is 1.15 bits per heavy atom. The van der Waals surface area contributed by atoms with Crippen LogP contribution < -0.4 is 10.1 Å². The van der Waals surface area contributed by atoms with Crippen LogP contribution in [-0.4, -0.2) is 12.5 Å². The van der Waals surface area contributed by atoms with E-state index in [-0.39, 0.29) is 24.6 Å². The van der Waals surface area contributed by atoms with Gasteiger partial charge in [-0.2, -0.15) is 0 Å². The maximum absolute atomic E-state index is 13.3. The highest BCUT2D eigenvalue weighted by Gasteiger charge is 2.06. The van der Waals surface area contributed by atoms with E-state index in [1.807, 2.05) is 31.2 Å². The summed E-state index contributed by atoms with van der Waals surface area (Å²) in [5.74, 6) is 0.0375. The minimum atomic E-state index is -0.444. The second kappa shape index (κ2) is 6.70. The summed E-state index contributed by atoms with van der Waals surface area (Å²) in [7, 11) is 0. The molecule has 0 radical (unpaired) electrons. The number of para-hydroxylation sites is 2. The second-order valence-corrected chi connectivity index (χ2v) is 4.39. The van der Waals surface area contributed by atoms with Gasteiger partial charge in [-0.25, -0.2) is 4.39 Å².